The molecule has 1 aliphatic carbocycles. The van der Waals surface area contributed by atoms with Gasteiger partial charge < -0.3 is 4.90 Å². The van der Waals surface area contributed by atoms with Crippen LogP contribution in [0.2, 0.25) is 10.0 Å². The summed E-state index contributed by atoms with van der Waals surface area (Å²) in [6, 6.07) is 8.23. The molecule has 0 spiro atoms. The first-order chi connectivity index (χ1) is 12.1. The van der Waals surface area contributed by atoms with Gasteiger partial charge in [0.25, 0.3) is 0 Å². The Kier molecular flexibility index (Phi) is 4.85. The predicted octanol–water partition coefficient (Wildman–Crippen LogP) is 4.37. The molecule has 1 aromatic heterocycles. The molecule has 0 amide bonds. The van der Waals surface area contributed by atoms with Crippen LogP contribution in [0.15, 0.2) is 30.5 Å². The van der Waals surface area contributed by atoms with Gasteiger partial charge in [0.15, 0.2) is 0 Å². The van der Waals surface area contributed by atoms with Crippen molar-refractivity contribution in [3.05, 3.63) is 51.9 Å². The number of aromatic nitrogens is 2. The minimum absolute atomic E-state index is 0.466. The summed E-state index contributed by atoms with van der Waals surface area (Å²) in [5, 5.41) is 1.43. The van der Waals surface area contributed by atoms with E-state index in [0.29, 0.717) is 17.0 Å². The average Bonchev–Trinajstić information content (AvgIpc) is 3.36. The second-order valence-corrected chi connectivity index (χ2v) is 7.92. The molecule has 2 heterocycles. The van der Waals surface area contributed by atoms with E-state index in [-0.39, 0.29) is 0 Å². The molecule has 0 bridgehead atoms. The Bertz CT molecular complexity index is 763. The van der Waals surface area contributed by atoms with Crippen LogP contribution in [-0.4, -0.2) is 41.0 Å². The van der Waals surface area contributed by atoms with E-state index in [9.17, 15) is 0 Å². The highest BCUT2D eigenvalue weighted by Crippen LogP contribution is 2.38. The molecule has 1 aromatic carbocycles. The Balaban J connectivity index is 1.40. The van der Waals surface area contributed by atoms with Crippen molar-refractivity contribution in [2.45, 2.75) is 37.8 Å². The number of nitrogens with zero attached hydrogens (tertiary/aromatic N) is 4. The highest BCUT2D eigenvalue weighted by atomic mass is 35.5. The number of hydrogen-bond acceptors (Lipinski definition) is 4. The molecule has 132 valence electrons. The number of anilines is 1. The van der Waals surface area contributed by atoms with Crippen molar-refractivity contribution in [1.29, 1.82) is 0 Å². The SMILES string of the molecule is CN(c1ccnc(C2CC2)n1)C1CCN(Cc2ccc(Cl)cc2Cl)C1. The van der Waals surface area contributed by atoms with E-state index in [1.807, 2.05) is 30.5 Å². The summed E-state index contributed by atoms with van der Waals surface area (Å²) in [5.74, 6) is 2.63. The van der Waals surface area contributed by atoms with Gasteiger partial charge >= 0.3 is 0 Å². The fraction of sp³-hybridized carbons (Fsp3) is 0.474. The van der Waals surface area contributed by atoms with Crippen molar-refractivity contribution in [3.63, 3.8) is 0 Å². The van der Waals surface area contributed by atoms with Crippen LogP contribution < -0.4 is 4.90 Å². The lowest BCUT2D eigenvalue weighted by atomic mass is 10.2. The van der Waals surface area contributed by atoms with E-state index in [0.717, 1.165) is 48.3 Å². The zero-order chi connectivity index (χ0) is 17.4. The number of hydrogen-bond donors (Lipinski definition) is 0. The van der Waals surface area contributed by atoms with Gasteiger partial charge in [0.05, 0.1) is 0 Å². The van der Waals surface area contributed by atoms with Crippen LogP contribution in [0.1, 0.15) is 36.6 Å². The Morgan fingerprint density at radius 2 is 2.04 bits per heavy atom. The predicted molar refractivity (Wildman–Crippen MR) is 103 cm³/mol. The first kappa shape index (κ1) is 17.1. The number of benzene rings is 1. The maximum absolute atomic E-state index is 6.32. The van der Waals surface area contributed by atoms with Crippen LogP contribution in [0.5, 0.6) is 0 Å². The van der Waals surface area contributed by atoms with Gasteiger partial charge in [-0.3, -0.25) is 4.90 Å². The van der Waals surface area contributed by atoms with E-state index < -0.39 is 0 Å². The number of likely N-dealkylation sites (N-methyl/N-ethyl adjacent to an activating group) is 1. The van der Waals surface area contributed by atoms with E-state index >= 15 is 0 Å². The van der Waals surface area contributed by atoms with Crippen molar-refractivity contribution in [1.82, 2.24) is 14.9 Å². The Labute approximate surface area is 158 Å². The van der Waals surface area contributed by atoms with Crippen LogP contribution in [0.4, 0.5) is 5.82 Å². The van der Waals surface area contributed by atoms with E-state index in [4.69, 9.17) is 28.2 Å². The smallest absolute Gasteiger partial charge is 0.133 e. The molecular weight excluding hydrogens is 355 g/mol. The molecule has 1 atom stereocenters. The highest BCUT2D eigenvalue weighted by Gasteiger charge is 2.29. The number of halogens is 2. The van der Waals surface area contributed by atoms with Gasteiger partial charge in [-0.2, -0.15) is 0 Å². The van der Waals surface area contributed by atoms with E-state index in [1.54, 1.807) is 0 Å². The third-order valence-electron chi connectivity index (χ3n) is 5.17. The molecule has 0 N–H and O–H groups in total. The third kappa shape index (κ3) is 3.91. The normalized spacial score (nSPS) is 20.8. The lowest BCUT2D eigenvalue weighted by Crippen LogP contribution is -2.35. The second-order valence-electron chi connectivity index (χ2n) is 7.07. The molecule has 1 unspecified atom stereocenters. The monoisotopic (exact) mass is 376 g/mol. The lowest BCUT2D eigenvalue weighted by Gasteiger charge is -2.26. The lowest BCUT2D eigenvalue weighted by molar-refractivity contribution is 0.326. The largest absolute Gasteiger partial charge is 0.355 e. The maximum atomic E-state index is 6.32. The van der Waals surface area contributed by atoms with Gasteiger partial charge in [0.2, 0.25) is 0 Å². The van der Waals surface area contributed by atoms with Gasteiger partial charge in [0.1, 0.15) is 11.6 Å². The van der Waals surface area contributed by atoms with Gasteiger partial charge in [-0.05, 0) is 43.0 Å². The molecule has 25 heavy (non-hydrogen) atoms. The summed E-state index contributed by atoms with van der Waals surface area (Å²) in [4.78, 5) is 13.9. The van der Waals surface area contributed by atoms with Crippen molar-refractivity contribution in [3.8, 4) is 0 Å². The van der Waals surface area contributed by atoms with Crippen molar-refractivity contribution < 1.29 is 0 Å². The molecule has 1 saturated carbocycles. The summed E-state index contributed by atoms with van der Waals surface area (Å²) in [5.41, 5.74) is 1.13. The Hall–Kier alpha value is -1.36. The Morgan fingerprint density at radius 1 is 1.20 bits per heavy atom. The third-order valence-corrected chi connectivity index (χ3v) is 5.75. The quantitative estimate of drug-likeness (QED) is 0.775. The molecular formula is C19H22Cl2N4. The summed E-state index contributed by atoms with van der Waals surface area (Å²) in [6.45, 7) is 2.93. The van der Waals surface area contributed by atoms with Gasteiger partial charge in [-0.15, -0.1) is 0 Å². The van der Waals surface area contributed by atoms with E-state index in [1.165, 1.54) is 12.8 Å². The molecule has 1 aliphatic heterocycles. The van der Waals surface area contributed by atoms with E-state index in [2.05, 4.69) is 21.8 Å². The molecule has 0 radical (unpaired) electrons. The summed E-state index contributed by atoms with van der Waals surface area (Å²) in [6.07, 6.45) is 5.48. The van der Waals surface area contributed by atoms with Gasteiger partial charge in [-0.25, -0.2) is 9.97 Å². The van der Waals surface area contributed by atoms with Crippen LogP contribution in [0.25, 0.3) is 0 Å². The summed E-state index contributed by atoms with van der Waals surface area (Å²) < 4.78 is 0. The zero-order valence-corrected chi connectivity index (χ0v) is 15.8. The van der Waals surface area contributed by atoms with Crippen molar-refractivity contribution in [2.24, 2.45) is 0 Å². The molecule has 4 rings (SSSR count). The second kappa shape index (κ2) is 7.10. The molecule has 1 saturated heterocycles. The maximum Gasteiger partial charge on any atom is 0.133 e. The summed E-state index contributed by atoms with van der Waals surface area (Å²) in [7, 11) is 2.14. The summed E-state index contributed by atoms with van der Waals surface area (Å²) >= 11 is 12.3. The van der Waals surface area contributed by atoms with Crippen molar-refractivity contribution in [2.75, 3.05) is 25.0 Å². The first-order valence-corrected chi connectivity index (χ1v) is 9.58. The van der Waals surface area contributed by atoms with Gasteiger partial charge in [0, 0.05) is 54.9 Å². The molecule has 2 aromatic rings. The molecule has 2 fully saturated rings. The van der Waals surface area contributed by atoms with Crippen LogP contribution in [-0.2, 0) is 6.54 Å². The number of rotatable bonds is 5. The van der Waals surface area contributed by atoms with Crippen LogP contribution in [0, 0.1) is 0 Å². The van der Waals surface area contributed by atoms with Crippen LogP contribution in [0.3, 0.4) is 0 Å². The minimum atomic E-state index is 0.466. The van der Waals surface area contributed by atoms with Gasteiger partial charge in [-0.1, -0.05) is 29.3 Å². The minimum Gasteiger partial charge on any atom is -0.355 e. The number of likely N-dealkylation sites (tertiary alicyclic amines) is 1. The first-order valence-electron chi connectivity index (χ1n) is 8.82. The molecule has 4 nitrogen and oxygen atoms in total. The van der Waals surface area contributed by atoms with Crippen molar-refractivity contribution >= 4 is 29.0 Å². The fourth-order valence-corrected chi connectivity index (χ4v) is 3.92. The molecule has 2 aliphatic rings. The standard InChI is InChI=1S/C19H22Cl2N4/c1-24(18-6-8-22-19(23-18)13-2-3-13)16-7-9-25(12-16)11-14-4-5-15(20)10-17(14)21/h4-6,8,10,13,16H,2-3,7,9,11-12H2,1H3. The van der Waals surface area contributed by atoms with Crippen LogP contribution >= 0.6 is 23.2 Å². The highest BCUT2D eigenvalue weighted by molar-refractivity contribution is 6.35. The average molecular weight is 377 g/mol. The Morgan fingerprint density at radius 3 is 2.80 bits per heavy atom. The fourth-order valence-electron chi connectivity index (χ4n) is 3.45. The zero-order valence-electron chi connectivity index (χ0n) is 14.3. The topological polar surface area (TPSA) is 32.3 Å². The molecule has 6 heteroatoms.